The summed E-state index contributed by atoms with van der Waals surface area (Å²) >= 11 is 1.59. The maximum absolute atomic E-state index is 12.7. The average Bonchev–Trinajstić information content (AvgIpc) is 3.45. The summed E-state index contributed by atoms with van der Waals surface area (Å²) in [5.41, 5.74) is 3.00. The second-order valence-corrected chi connectivity index (χ2v) is 8.80. The number of hydrogen-bond acceptors (Lipinski definition) is 4. The molecule has 2 N–H and O–H groups in total. The lowest BCUT2D eigenvalue weighted by Crippen LogP contribution is -2.27. The van der Waals surface area contributed by atoms with Gasteiger partial charge in [-0.3, -0.25) is 14.3 Å². The highest BCUT2D eigenvalue weighted by molar-refractivity contribution is 7.17. The van der Waals surface area contributed by atoms with E-state index in [2.05, 4.69) is 15.7 Å². The van der Waals surface area contributed by atoms with Gasteiger partial charge >= 0.3 is 0 Å². The molecule has 2 aromatic rings. The number of hydrogen-bond donors (Lipinski definition) is 2. The zero-order valence-electron chi connectivity index (χ0n) is 14.7. The molecule has 3 aliphatic carbocycles. The van der Waals surface area contributed by atoms with Crippen molar-refractivity contribution in [3.63, 3.8) is 0 Å². The highest BCUT2D eigenvalue weighted by Crippen LogP contribution is 2.48. The molecule has 2 heterocycles. The Balaban J connectivity index is 1.34. The van der Waals surface area contributed by atoms with Crippen LogP contribution in [0.3, 0.4) is 0 Å². The van der Waals surface area contributed by atoms with Gasteiger partial charge in [0.2, 0.25) is 5.91 Å². The summed E-state index contributed by atoms with van der Waals surface area (Å²) in [4.78, 5) is 26.7. The quantitative estimate of drug-likeness (QED) is 0.849. The van der Waals surface area contributed by atoms with Crippen LogP contribution in [-0.4, -0.2) is 27.6 Å². The van der Waals surface area contributed by atoms with E-state index in [0.29, 0.717) is 6.04 Å². The van der Waals surface area contributed by atoms with Crippen molar-refractivity contribution in [1.29, 1.82) is 0 Å². The topological polar surface area (TPSA) is 76.0 Å². The van der Waals surface area contributed by atoms with Gasteiger partial charge in [-0.15, -0.1) is 11.3 Å². The van der Waals surface area contributed by atoms with Crippen molar-refractivity contribution in [1.82, 2.24) is 15.1 Å². The zero-order valence-corrected chi connectivity index (χ0v) is 15.6. The minimum atomic E-state index is -0.0181. The van der Waals surface area contributed by atoms with E-state index in [-0.39, 0.29) is 23.7 Å². The molecule has 0 spiro atoms. The number of amides is 2. The van der Waals surface area contributed by atoms with Crippen LogP contribution in [0.4, 0.5) is 5.00 Å². The summed E-state index contributed by atoms with van der Waals surface area (Å²) in [6.45, 7) is 0. The molecule has 2 amide bonds. The second-order valence-electron chi connectivity index (χ2n) is 7.69. The molecular formula is C19H22N4O2S. The van der Waals surface area contributed by atoms with Gasteiger partial charge in [0.25, 0.3) is 5.91 Å². The molecule has 6 nitrogen and oxygen atoms in total. The highest BCUT2D eigenvalue weighted by Gasteiger charge is 2.45. The van der Waals surface area contributed by atoms with Crippen LogP contribution in [0, 0.1) is 5.92 Å². The predicted molar refractivity (Wildman–Crippen MR) is 99.5 cm³/mol. The summed E-state index contributed by atoms with van der Waals surface area (Å²) in [6.07, 6.45) is 9.86. The maximum atomic E-state index is 12.7. The van der Waals surface area contributed by atoms with Crippen molar-refractivity contribution in [2.45, 2.75) is 50.5 Å². The minimum Gasteiger partial charge on any atom is -0.349 e. The Morgan fingerprint density at radius 1 is 1.31 bits per heavy atom. The van der Waals surface area contributed by atoms with Crippen LogP contribution in [0.15, 0.2) is 12.4 Å². The lowest BCUT2D eigenvalue weighted by Gasteiger charge is -2.09. The molecule has 2 atom stereocenters. The number of rotatable bonds is 5. The van der Waals surface area contributed by atoms with Crippen LogP contribution in [0.2, 0.25) is 0 Å². The van der Waals surface area contributed by atoms with Crippen molar-refractivity contribution in [3.05, 3.63) is 34.0 Å². The molecule has 0 saturated heterocycles. The van der Waals surface area contributed by atoms with Crippen molar-refractivity contribution in [3.8, 4) is 0 Å². The number of thiophene rings is 1. The molecule has 2 fully saturated rings. The Labute approximate surface area is 156 Å². The SMILES string of the molecule is Cn1cc([C@@H]2C[C@H]2C(=O)Nc2sc3c(c2C(=O)NC2CC2)CCC3)cn1. The summed E-state index contributed by atoms with van der Waals surface area (Å²) in [6, 6.07) is 0.321. The monoisotopic (exact) mass is 370 g/mol. The summed E-state index contributed by atoms with van der Waals surface area (Å²) in [7, 11) is 1.89. The van der Waals surface area contributed by atoms with Crippen LogP contribution in [0.1, 0.15) is 58.0 Å². The van der Waals surface area contributed by atoms with Crippen molar-refractivity contribution in [2.75, 3.05) is 5.32 Å². The molecule has 0 radical (unpaired) electrons. The van der Waals surface area contributed by atoms with E-state index in [0.717, 1.165) is 60.2 Å². The summed E-state index contributed by atoms with van der Waals surface area (Å²) < 4.78 is 1.77. The van der Waals surface area contributed by atoms with E-state index in [4.69, 9.17) is 0 Å². The van der Waals surface area contributed by atoms with Crippen molar-refractivity contribution >= 4 is 28.2 Å². The number of aromatic nitrogens is 2. The van der Waals surface area contributed by atoms with Gasteiger partial charge in [-0.05, 0) is 55.6 Å². The maximum Gasteiger partial charge on any atom is 0.254 e. The fourth-order valence-corrected chi connectivity index (χ4v) is 5.20. The third-order valence-electron chi connectivity index (χ3n) is 5.58. The predicted octanol–water partition coefficient (Wildman–Crippen LogP) is 2.60. The van der Waals surface area contributed by atoms with Crippen molar-refractivity contribution < 1.29 is 9.59 Å². The van der Waals surface area contributed by atoms with Gasteiger partial charge in [-0.25, -0.2) is 0 Å². The average molecular weight is 370 g/mol. The Hall–Kier alpha value is -2.15. The standard InChI is InChI=1S/C19H22N4O2S/c1-23-9-10(8-20-23)13-7-14(13)17(24)22-19-16(18(25)21-11-5-6-11)12-3-2-4-15(12)26-19/h8-9,11,13-14H,2-7H2,1H3,(H,21,25)(H,22,24)/t13-,14+/m0/s1. The molecule has 3 aliphatic rings. The van der Waals surface area contributed by atoms with Gasteiger partial charge in [0.15, 0.2) is 0 Å². The molecule has 2 saturated carbocycles. The third-order valence-corrected chi connectivity index (χ3v) is 6.79. The first kappa shape index (κ1) is 16.1. The number of nitrogens with one attached hydrogen (secondary N) is 2. The smallest absolute Gasteiger partial charge is 0.254 e. The molecule has 0 unspecified atom stereocenters. The van der Waals surface area contributed by atoms with E-state index in [1.807, 2.05) is 19.4 Å². The first-order valence-electron chi connectivity index (χ1n) is 9.35. The molecule has 0 aliphatic heterocycles. The zero-order chi connectivity index (χ0) is 17.8. The number of carbonyl (C=O) groups excluding carboxylic acids is 2. The first-order chi connectivity index (χ1) is 12.6. The lowest BCUT2D eigenvalue weighted by molar-refractivity contribution is -0.117. The van der Waals surface area contributed by atoms with E-state index in [1.165, 1.54) is 4.88 Å². The van der Waals surface area contributed by atoms with E-state index < -0.39 is 0 Å². The largest absolute Gasteiger partial charge is 0.349 e. The van der Waals surface area contributed by atoms with Crippen LogP contribution < -0.4 is 10.6 Å². The number of aryl methyl sites for hydroxylation is 2. The van der Waals surface area contributed by atoms with Gasteiger partial charge < -0.3 is 10.6 Å². The molecule has 0 aromatic carbocycles. The first-order valence-corrected chi connectivity index (χ1v) is 10.2. The molecule has 136 valence electrons. The van der Waals surface area contributed by atoms with Gasteiger partial charge in [-0.2, -0.15) is 5.10 Å². The van der Waals surface area contributed by atoms with E-state index >= 15 is 0 Å². The Bertz CT molecular complexity index is 895. The fourth-order valence-electron chi connectivity index (χ4n) is 3.91. The molecule has 7 heteroatoms. The highest BCUT2D eigenvalue weighted by atomic mass is 32.1. The number of anilines is 1. The van der Waals surface area contributed by atoms with Gasteiger partial charge in [0, 0.05) is 30.1 Å². The normalized spacial score (nSPS) is 23.6. The molecular weight excluding hydrogens is 348 g/mol. The molecule has 2 aromatic heterocycles. The van der Waals surface area contributed by atoms with Gasteiger partial charge in [0.05, 0.1) is 11.8 Å². The number of nitrogens with zero attached hydrogens (tertiary/aromatic N) is 2. The van der Waals surface area contributed by atoms with E-state index in [9.17, 15) is 9.59 Å². The van der Waals surface area contributed by atoms with Crippen molar-refractivity contribution in [2.24, 2.45) is 13.0 Å². The minimum absolute atomic E-state index is 0.0122. The van der Waals surface area contributed by atoms with E-state index in [1.54, 1.807) is 16.0 Å². The Morgan fingerprint density at radius 3 is 2.88 bits per heavy atom. The third kappa shape index (κ3) is 2.84. The second kappa shape index (κ2) is 5.94. The summed E-state index contributed by atoms with van der Waals surface area (Å²) in [5.74, 6) is 0.246. The molecule has 26 heavy (non-hydrogen) atoms. The van der Waals surface area contributed by atoms with Gasteiger partial charge in [0.1, 0.15) is 5.00 Å². The Kier molecular flexibility index (Phi) is 3.67. The molecule has 0 bridgehead atoms. The van der Waals surface area contributed by atoms with Crippen LogP contribution in [0.25, 0.3) is 0 Å². The Morgan fingerprint density at radius 2 is 2.15 bits per heavy atom. The van der Waals surface area contributed by atoms with Gasteiger partial charge in [-0.1, -0.05) is 0 Å². The van der Waals surface area contributed by atoms with Crippen LogP contribution >= 0.6 is 11.3 Å². The lowest BCUT2D eigenvalue weighted by atomic mass is 10.1. The number of fused-ring (bicyclic) bond motifs is 1. The summed E-state index contributed by atoms with van der Waals surface area (Å²) in [5, 5.41) is 11.1. The van der Waals surface area contributed by atoms with Crippen LogP contribution in [-0.2, 0) is 24.7 Å². The fraction of sp³-hybridized carbons (Fsp3) is 0.526. The number of carbonyl (C=O) groups is 2. The molecule has 5 rings (SSSR count). The van der Waals surface area contributed by atoms with Crippen LogP contribution in [0.5, 0.6) is 0 Å².